The van der Waals surface area contributed by atoms with E-state index < -0.39 is 5.92 Å². The summed E-state index contributed by atoms with van der Waals surface area (Å²) < 4.78 is 0.584. The van der Waals surface area contributed by atoms with Crippen LogP contribution < -0.4 is 16.0 Å². The molecule has 1 aliphatic carbocycles. The molecular weight excluding hydrogens is 518 g/mol. The van der Waals surface area contributed by atoms with Gasteiger partial charge in [-0.1, -0.05) is 41.3 Å². The Labute approximate surface area is 228 Å². The first-order valence-corrected chi connectivity index (χ1v) is 13.9. The number of benzene rings is 1. The van der Waals surface area contributed by atoms with E-state index in [1.807, 2.05) is 38.1 Å². The molecule has 11 heteroatoms. The monoisotopic (exact) mass is 543 g/mol. The summed E-state index contributed by atoms with van der Waals surface area (Å²) in [6.45, 7) is 3.97. The number of pyridine rings is 1. The number of amides is 1. The number of ketones is 1. The van der Waals surface area contributed by atoms with Gasteiger partial charge in [0.1, 0.15) is 5.82 Å². The second kappa shape index (κ2) is 10.8. The summed E-state index contributed by atoms with van der Waals surface area (Å²) in [5, 5.41) is 22.1. The van der Waals surface area contributed by atoms with Crippen LogP contribution >= 0.6 is 23.1 Å². The van der Waals surface area contributed by atoms with Crippen molar-refractivity contribution in [3.05, 3.63) is 82.1 Å². The lowest BCUT2D eigenvalue weighted by Crippen LogP contribution is -2.38. The first-order valence-electron chi connectivity index (χ1n) is 12.1. The Morgan fingerprint density at radius 2 is 2.11 bits per heavy atom. The number of rotatable bonds is 6. The minimum atomic E-state index is -0.566. The van der Waals surface area contributed by atoms with Crippen LogP contribution in [0.25, 0.3) is 0 Å². The molecule has 0 radical (unpaired) electrons. The summed E-state index contributed by atoms with van der Waals surface area (Å²) >= 11 is 2.54. The van der Waals surface area contributed by atoms with E-state index >= 15 is 0 Å². The van der Waals surface area contributed by atoms with Crippen LogP contribution in [0.3, 0.4) is 0 Å². The zero-order chi connectivity index (χ0) is 26.8. The van der Waals surface area contributed by atoms with Gasteiger partial charge >= 0.3 is 0 Å². The number of aromatic nitrogens is 3. The minimum Gasteiger partial charge on any atom is -0.384 e. The fourth-order valence-corrected chi connectivity index (χ4v) is 6.42. The third-order valence-corrected chi connectivity index (χ3v) is 8.77. The maximum atomic E-state index is 13.2. The summed E-state index contributed by atoms with van der Waals surface area (Å²) in [7, 11) is 0. The van der Waals surface area contributed by atoms with Gasteiger partial charge in [-0.25, -0.2) is 0 Å². The number of aryl methyl sites for hydroxylation is 1. The van der Waals surface area contributed by atoms with Gasteiger partial charge < -0.3 is 11.1 Å². The van der Waals surface area contributed by atoms with Crippen molar-refractivity contribution in [1.29, 1.82) is 5.26 Å². The van der Waals surface area contributed by atoms with Crippen LogP contribution in [0.1, 0.15) is 41.9 Å². The average molecular weight is 544 g/mol. The Balaban J connectivity index is 1.41. The van der Waals surface area contributed by atoms with E-state index in [2.05, 4.69) is 26.6 Å². The zero-order valence-corrected chi connectivity index (χ0v) is 22.5. The Morgan fingerprint density at radius 1 is 1.26 bits per heavy atom. The van der Waals surface area contributed by atoms with Crippen LogP contribution in [-0.2, 0) is 9.59 Å². The summed E-state index contributed by atoms with van der Waals surface area (Å²) in [6.07, 6.45) is 5.04. The summed E-state index contributed by atoms with van der Waals surface area (Å²) in [5.41, 5.74) is 11.8. The van der Waals surface area contributed by atoms with Crippen molar-refractivity contribution in [2.75, 3.05) is 16.0 Å². The van der Waals surface area contributed by atoms with E-state index in [1.165, 1.54) is 23.1 Å². The molecule has 0 saturated carbocycles. The van der Waals surface area contributed by atoms with Crippen molar-refractivity contribution in [3.63, 3.8) is 0 Å². The number of hydrogen-bond acceptors (Lipinski definition) is 10. The topological polar surface area (TPSA) is 138 Å². The highest BCUT2D eigenvalue weighted by Crippen LogP contribution is 2.46. The molecule has 0 spiro atoms. The van der Waals surface area contributed by atoms with E-state index in [-0.39, 0.29) is 28.8 Å². The number of allylic oxidation sites excluding steroid dienone is 3. The van der Waals surface area contributed by atoms with Gasteiger partial charge in [-0.2, -0.15) is 5.26 Å². The van der Waals surface area contributed by atoms with Gasteiger partial charge in [0.05, 0.1) is 23.3 Å². The standard InChI is InChI=1S/C27H25N7O2S2/c1-15-6-3-8-19(16(15)2)31-22(36)14-37-27-33-32-26(38-27)34-20-9-4-10-21(35)24(20)23(18(12-28)25(34)29)17-7-5-11-30-13-17/h3,5-8,11,13,23H,4,9-10,14,29H2,1-2H3,(H,31,36). The quantitative estimate of drug-likeness (QED) is 0.428. The molecule has 1 aliphatic heterocycles. The van der Waals surface area contributed by atoms with Crippen molar-refractivity contribution in [2.24, 2.45) is 5.73 Å². The van der Waals surface area contributed by atoms with Crippen molar-refractivity contribution in [1.82, 2.24) is 15.2 Å². The molecule has 0 fully saturated rings. The van der Waals surface area contributed by atoms with Gasteiger partial charge in [-0.15, -0.1) is 10.2 Å². The number of nitrogens with two attached hydrogens (primary N) is 1. The highest BCUT2D eigenvalue weighted by atomic mass is 32.2. The predicted octanol–water partition coefficient (Wildman–Crippen LogP) is 4.59. The van der Waals surface area contributed by atoms with Crippen LogP contribution in [0.2, 0.25) is 0 Å². The third-order valence-electron chi connectivity index (χ3n) is 6.72. The van der Waals surface area contributed by atoms with Gasteiger partial charge in [0.25, 0.3) is 0 Å². The van der Waals surface area contributed by atoms with Crippen molar-refractivity contribution >= 4 is 45.6 Å². The fraction of sp³-hybridized carbons (Fsp3) is 0.259. The number of carbonyl (C=O) groups is 2. The van der Waals surface area contributed by atoms with E-state index in [1.54, 1.807) is 23.4 Å². The molecular formula is C27H25N7O2S2. The van der Waals surface area contributed by atoms with E-state index in [0.717, 1.165) is 28.1 Å². The number of nitrogens with one attached hydrogen (secondary N) is 1. The maximum absolute atomic E-state index is 13.2. The number of Topliss-reactive ketones (excluding diaryl/α,β-unsaturated/α-hetero) is 1. The SMILES string of the molecule is Cc1cccc(NC(=O)CSc2nnc(N3C(N)=C(C#N)C(c4cccnc4)C4=C3CCCC4=O)s2)c1C. The zero-order valence-electron chi connectivity index (χ0n) is 20.9. The Morgan fingerprint density at radius 3 is 2.87 bits per heavy atom. The van der Waals surface area contributed by atoms with Gasteiger partial charge in [0.15, 0.2) is 10.1 Å². The van der Waals surface area contributed by atoms with Gasteiger partial charge in [0, 0.05) is 35.8 Å². The first-order chi connectivity index (χ1) is 18.4. The number of carbonyl (C=O) groups excluding carboxylic acids is 2. The van der Waals surface area contributed by atoms with Crippen molar-refractivity contribution < 1.29 is 9.59 Å². The van der Waals surface area contributed by atoms with Crippen LogP contribution in [0.5, 0.6) is 0 Å². The molecule has 1 amide bonds. The third kappa shape index (κ3) is 4.80. The Hall–Kier alpha value is -4.01. The van der Waals surface area contributed by atoms with E-state index in [4.69, 9.17) is 5.73 Å². The van der Waals surface area contributed by atoms with Crippen molar-refractivity contribution in [3.8, 4) is 6.07 Å². The molecule has 2 aliphatic rings. The Bertz CT molecular complexity index is 1520. The van der Waals surface area contributed by atoms with E-state index in [9.17, 15) is 14.9 Å². The van der Waals surface area contributed by atoms with Crippen LogP contribution in [0.15, 0.2) is 69.7 Å². The molecule has 0 saturated heterocycles. The average Bonchev–Trinajstić information content (AvgIpc) is 3.38. The normalized spacial score (nSPS) is 17.3. The molecule has 3 aromatic rings. The second-order valence-electron chi connectivity index (χ2n) is 9.04. The maximum Gasteiger partial charge on any atom is 0.234 e. The molecule has 3 N–H and O–H groups in total. The summed E-state index contributed by atoms with van der Waals surface area (Å²) in [4.78, 5) is 31.6. The predicted molar refractivity (Wildman–Crippen MR) is 147 cm³/mol. The molecule has 192 valence electrons. The number of hydrogen-bond donors (Lipinski definition) is 2. The molecule has 5 rings (SSSR count). The van der Waals surface area contributed by atoms with E-state index in [0.29, 0.717) is 34.3 Å². The van der Waals surface area contributed by atoms with Gasteiger partial charge in [-0.3, -0.25) is 19.5 Å². The molecule has 0 bridgehead atoms. The minimum absolute atomic E-state index is 0.00687. The lowest BCUT2D eigenvalue weighted by Gasteiger charge is -2.37. The molecule has 2 aromatic heterocycles. The molecule has 1 unspecified atom stereocenters. The summed E-state index contributed by atoms with van der Waals surface area (Å²) in [5.74, 6) is -0.329. The highest BCUT2D eigenvalue weighted by molar-refractivity contribution is 8.01. The van der Waals surface area contributed by atoms with Crippen LogP contribution in [0.4, 0.5) is 10.8 Å². The van der Waals surface area contributed by atoms with Gasteiger partial charge in [-0.05, 0) is 55.5 Å². The smallest absolute Gasteiger partial charge is 0.234 e. The molecule has 9 nitrogen and oxygen atoms in total. The number of thioether (sulfide) groups is 1. The highest BCUT2D eigenvalue weighted by Gasteiger charge is 2.41. The molecule has 1 aromatic carbocycles. The lowest BCUT2D eigenvalue weighted by atomic mass is 9.76. The van der Waals surface area contributed by atoms with Gasteiger partial charge in [0.2, 0.25) is 11.0 Å². The molecule has 38 heavy (non-hydrogen) atoms. The number of nitriles is 1. The summed E-state index contributed by atoms with van der Waals surface area (Å²) in [6, 6.07) is 11.7. The first kappa shape index (κ1) is 25.6. The number of nitrogens with zero attached hydrogens (tertiary/aromatic N) is 5. The van der Waals surface area contributed by atoms with Crippen LogP contribution in [-0.4, -0.2) is 32.6 Å². The van der Waals surface area contributed by atoms with Crippen LogP contribution in [0, 0.1) is 25.2 Å². The Kier molecular flexibility index (Phi) is 7.26. The fourth-order valence-electron chi connectivity index (χ4n) is 4.74. The largest absolute Gasteiger partial charge is 0.384 e. The van der Waals surface area contributed by atoms with Crippen molar-refractivity contribution in [2.45, 2.75) is 43.4 Å². The molecule has 3 heterocycles. The molecule has 1 atom stereocenters. The lowest BCUT2D eigenvalue weighted by molar-refractivity contribution is -0.116. The number of anilines is 2. The second-order valence-corrected chi connectivity index (χ2v) is 11.2.